The number of rotatable bonds is 4. The van der Waals surface area contributed by atoms with E-state index in [0.717, 1.165) is 4.90 Å². The number of carbonyl (C=O) groups excluding carboxylic acids is 4. The van der Waals surface area contributed by atoms with Crippen molar-refractivity contribution in [2.24, 2.45) is 13.0 Å². The standard InChI is InChI=1S/C15H19N5O4/c1-18-6-4-16-14(18)13(23)10-3-2-5-19(8-10)12(22)9-20-11(21)7-17-15(20)24/h4,6,10H,2-3,5,7-9H2,1H3,(H,17,24). The van der Waals surface area contributed by atoms with Gasteiger partial charge < -0.3 is 14.8 Å². The Morgan fingerprint density at radius 2 is 2.17 bits per heavy atom. The van der Waals surface area contributed by atoms with Crippen molar-refractivity contribution in [3.8, 4) is 0 Å². The highest BCUT2D eigenvalue weighted by Crippen LogP contribution is 2.20. The van der Waals surface area contributed by atoms with Crippen LogP contribution in [0, 0.1) is 5.92 Å². The third kappa shape index (κ3) is 3.01. The van der Waals surface area contributed by atoms with E-state index in [-0.39, 0.29) is 37.2 Å². The number of aryl methyl sites for hydroxylation is 1. The van der Waals surface area contributed by atoms with Crippen LogP contribution in [0.2, 0.25) is 0 Å². The van der Waals surface area contributed by atoms with E-state index in [0.29, 0.717) is 25.2 Å². The van der Waals surface area contributed by atoms with Gasteiger partial charge in [-0.25, -0.2) is 9.78 Å². The molecule has 0 radical (unpaired) electrons. The number of piperidine rings is 1. The molecule has 1 unspecified atom stereocenters. The molecule has 1 aromatic heterocycles. The lowest BCUT2D eigenvalue weighted by molar-refractivity contribution is -0.137. The largest absolute Gasteiger partial charge is 0.340 e. The highest BCUT2D eigenvalue weighted by Gasteiger charge is 2.34. The molecule has 3 heterocycles. The number of nitrogens with one attached hydrogen (secondary N) is 1. The van der Waals surface area contributed by atoms with Crippen LogP contribution in [0.4, 0.5) is 4.79 Å². The molecule has 2 saturated heterocycles. The smallest absolute Gasteiger partial charge is 0.325 e. The zero-order chi connectivity index (χ0) is 17.3. The molecule has 2 aliphatic rings. The number of carbonyl (C=O) groups is 4. The van der Waals surface area contributed by atoms with Gasteiger partial charge in [-0.1, -0.05) is 0 Å². The minimum atomic E-state index is -0.550. The van der Waals surface area contributed by atoms with E-state index in [1.165, 1.54) is 0 Å². The molecule has 9 heteroatoms. The molecule has 1 atom stereocenters. The van der Waals surface area contributed by atoms with Crippen LogP contribution in [0.3, 0.4) is 0 Å². The fraction of sp³-hybridized carbons (Fsp3) is 0.533. The van der Waals surface area contributed by atoms with E-state index in [1.807, 2.05) is 0 Å². The molecular weight excluding hydrogens is 314 g/mol. The molecule has 0 aliphatic carbocycles. The number of nitrogens with zero attached hydrogens (tertiary/aromatic N) is 4. The number of likely N-dealkylation sites (tertiary alicyclic amines) is 1. The molecule has 1 N–H and O–H groups in total. The number of hydrogen-bond acceptors (Lipinski definition) is 5. The van der Waals surface area contributed by atoms with Gasteiger partial charge in [0.1, 0.15) is 6.54 Å². The molecule has 3 rings (SSSR count). The number of imide groups is 1. The normalized spacial score (nSPS) is 21.1. The summed E-state index contributed by atoms with van der Waals surface area (Å²) in [6.07, 6.45) is 4.67. The third-order valence-corrected chi connectivity index (χ3v) is 4.42. The van der Waals surface area contributed by atoms with Gasteiger partial charge in [-0.05, 0) is 12.8 Å². The molecule has 0 saturated carbocycles. The van der Waals surface area contributed by atoms with E-state index in [9.17, 15) is 19.2 Å². The lowest BCUT2D eigenvalue weighted by Gasteiger charge is -2.32. The topological polar surface area (TPSA) is 105 Å². The first-order valence-corrected chi connectivity index (χ1v) is 7.85. The van der Waals surface area contributed by atoms with Gasteiger partial charge in [-0.15, -0.1) is 0 Å². The van der Waals surface area contributed by atoms with Crippen molar-refractivity contribution >= 4 is 23.6 Å². The lowest BCUT2D eigenvalue weighted by Crippen LogP contribution is -2.48. The molecule has 0 bridgehead atoms. The number of hydrogen-bond donors (Lipinski definition) is 1. The highest BCUT2D eigenvalue weighted by molar-refractivity contribution is 6.04. The number of Topliss-reactive ketones (excluding diaryl/α,β-unsaturated/α-hetero) is 1. The van der Waals surface area contributed by atoms with Crippen molar-refractivity contribution in [2.75, 3.05) is 26.2 Å². The molecule has 1 aromatic rings. The second-order valence-corrected chi connectivity index (χ2v) is 6.04. The molecule has 0 aromatic carbocycles. The summed E-state index contributed by atoms with van der Waals surface area (Å²) >= 11 is 0. The summed E-state index contributed by atoms with van der Waals surface area (Å²) in [7, 11) is 1.75. The van der Waals surface area contributed by atoms with Crippen LogP contribution in [0.15, 0.2) is 12.4 Å². The Morgan fingerprint density at radius 1 is 1.38 bits per heavy atom. The van der Waals surface area contributed by atoms with Crippen LogP contribution in [0.5, 0.6) is 0 Å². The summed E-state index contributed by atoms with van der Waals surface area (Å²) < 4.78 is 1.66. The number of ketones is 1. The molecule has 0 spiro atoms. The van der Waals surface area contributed by atoms with Crippen LogP contribution in [0.1, 0.15) is 23.5 Å². The maximum atomic E-state index is 12.5. The van der Waals surface area contributed by atoms with Crippen molar-refractivity contribution in [1.82, 2.24) is 24.7 Å². The Balaban J connectivity index is 1.64. The van der Waals surface area contributed by atoms with Gasteiger partial charge in [-0.3, -0.25) is 19.3 Å². The van der Waals surface area contributed by atoms with E-state index in [1.54, 1.807) is 28.9 Å². The molecule has 2 fully saturated rings. The van der Waals surface area contributed by atoms with Crippen molar-refractivity contribution in [3.05, 3.63) is 18.2 Å². The average Bonchev–Trinajstić information content (AvgIpc) is 3.14. The van der Waals surface area contributed by atoms with Gasteiger partial charge in [0, 0.05) is 38.4 Å². The number of imidazole rings is 1. The quantitative estimate of drug-likeness (QED) is 0.585. The first-order chi connectivity index (χ1) is 11.5. The van der Waals surface area contributed by atoms with Gasteiger partial charge in [-0.2, -0.15) is 0 Å². The number of urea groups is 1. The SMILES string of the molecule is Cn1ccnc1C(=O)C1CCCN(C(=O)CN2C(=O)CNC2=O)C1. The van der Waals surface area contributed by atoms with Gasteiger partial charge in [0.05, 0.1) is 6.54 Å². The van der Waals surface area contributed by atoms with Crippen LogP contribution in [-0.2, 0) is 16.6 Å². The summed E-state index contributed by atoms with van der Waals surface area (Å²) in [5, 5.41) is 2.38. The Kier molecular flexibility index (Phi) is 4.32. The molecule has 4 amide bonds. The summed E-state index contributed by atoms with van der Waals surface area (Å²) in [6.45, 7) is 0.446. The lowest BCUT2D eigenvalue weighted by atomic mass is 9.93. The van der Waals surface area contributed by atoms with E-state index in [4.69, 9.17) is 0 Å². The first-order valence-electron chi connectivity index (χ1n) is 7.85. The van der Waals surface area contributed by atoms with Crippen molar-refractivity contribution in [1.29, 1.82) is 0 Å². The number of amides is 4. The molecular formula is C15H19N5O4. The highest BCUT2D eigenvalue weighted by atomic mass is 16.2. The maximum Gasteiger partial charge on any atom is 0.325 e. The summed E-state index contributed by atoms with van der Waals surface area (Å²) in [6, 6.07) is -0.550. The molecule has 128 valence electrons. The number of aromatic nitrogens is 2. The van der Waals surface area contributed by atoms with E-state index >= 15 is 0 Å². The minimum Gasteiger partial charge on any atom is -0.340 e. The second-order valence-electron chi connectivity index (χ2n) is 6.04. The molecule has 24 heavy (non-hydrogen) atoms. The Hall–Kier alpha value is -2.71. The predicted molar refractivity (Wildman–Crippen MR) is 82.0 cm³/mol. The fourth-order valence-corrected chi connectivity index (χ4v) is 3.05. The van der Waals surface area contributed by atoms with Crippen LogP contribution >= 0.6 is 0 Å². The summed E-state index contributed by atoms with van der Waals surface area (Å²) in [4.78, 5) is 54.6. The van der Waals surface area contributed by atoms with Crippen molar-refractivity contribution in [3.63, 3.8) is 0 Å². The Labute approximate surface area is 138 Å². The van der Waals surface area contributed by atoms with Crippen LogP contribution < -0.4 is 5.32 Å². The summed E-state index contributed by atoms with van der Waals surface area (Å²) in [5.41, 5.74) is 0. The van der Waals surface area contributed by atoms with Gasteiger partial charge in [0.25, 0.3) is 5.91 Å². The zero-order valence-electron chi connectivity index (χ0n) is 13.4. The molecule has 9 nitrogen and oxygen atoms in total. The van der Waals surface area contributed by atoms with E-state index < -0.39 is 11.9 Å². The third-order valence-electron chi connectivity index (χ3n) is 4.42. The van der Waals surface area contributed by atoms with Crippen LogP contribution in [0.25, 0.3) is 0 Å². The van der Waals surface area contributed by atoms with Gasteiger partial charge >= 0.3 is 6.03 Å². The Morgan fingerprint density at radius 3 is 2.79 bits per heavy atom. The van der Waals surface area contributed by atoms with E-state index in [2.05, 4.69) is 10.3 Å². The minimum absolute atomic E-state index is 0.0770. The first kappa shape index (κ1) is 16.2. The zero-order valence-corrected chi connectivity index (χ0v) is 13.4. The summed E-state index contributed by atoms with van der Waals surface area (Å²) in [5.74, 6) is -0.756. The average molecular weight is 333 g/mol. The van der Waals surface area contributed by atoms with Crippen LogP contribution in [-0.4, -0.2) is 69.2 Å². The maximum absolute atomic E-state index is 12.5. The predicted octanol–water partition coefficient (Wildman–Crippen LogP) is -0.607. The second kappa shape index (κ2) is 6.42. The van der Waals surface area contributed by atoms with Gasteiger partial charge in [0.2, 0.25) is 11.7 Å². The van der Waals surface area contributed by atoms with Crippen molar-refractivity contribution < 1.29 is 19.2 Å². The van der Waals surface area contributed by atoms with Gasteiger partial charge in [0.15, 0.2) is 5.82 Å². The monoisotopic (exact) mass is 333 g/mol. The fourth-order valence-electron chi connectivity index (χ4n) is 3.05. The van der Waals surface area contributed by atoms with Crippen molar-refractivity contribution in [2.45, 2.75) is 12.8 Å². The molecule has 2 aliphatic heterocycles. The Bertz CT molecular complexity index is 682.